The first kappa shape index (κ1) is 17.7. The van der Waals surface area contributed by atoms with Gasteiger partial charge in [0.2, 0.25) is 0 Å². The number of halogens is 1. The normalized spacial score (nSPS) is 16.1. The second-order valence-corrected chi connectivity index (χ2v) is 6.13. The largest absolute Gasteiger partial charge is 0.357 e. The second kappa shape index (κ2) is 9.50. The van der Waals surface area contributed by atoms with Crippen molar-refractivity contribution in [3.63, 3.8) is 0 Å². The number of rotatable bonds is 7. The smallest absolute Gasteiger partial charge is 0.191 e. The minimum atomic E-state index is -0.201. The molecule has 23 heavy (non-hydrogen) atoms. The molecule has 0 heterocycles. The number of aliphatic imine (C=N–C) groups is 1. The summed E-state index contributed by atoms with van der Waals surface area (Å²) in [4.78, 5) is 6.91. The summed E-state index contributed by atoms with van der Waals surface area (Å²) in [6.45, 7) is 5.01. The Morgan fingerprint density at radius 2 is 2.00 bits per heavy atom. The lowest BCUT2D eigenvalue weighted by atomic mass is 10.2. The lowest BCUT2D eigenvalue weighted by Crippen LogP contribution is -2.42. The highest BCUT2D eigenvalue weighted by Crippen LogP contribution is 2.21. The molecule has 0 spiro atoms. The first-order chi connectivity index (χ1) is 11.2. The number of nitrogens with one attached hydrogen (secondary N) is 2. The number of hydrogen-bond acceptors (Lipinski definition) is 2. The van der Waals surface area contributed by atoms with Crippen molar-refractivity contribution in [2.45, 2.75) is 45.2 Å². The van der Waals surface area contributed by atoms with E-state index in [4.69, 9.17) is 0 Å². The van der Waals surface area contributed by atoms with E-state index in [1.54, 1.807) is 12.1 Å². The van der Waals surface area contributed by atoms with Gasteiger partial charge in [-0.3, -0.25) is 0 Å². The average Bonchev–Trinajstić information content (AvgIpc) is 3.08. The molecule has 128 valence electrons. The lowest BCUT2D eigenvalue weighted by Gasteiger charge is -2.24. The van der Waals surface area contributed by atoms with Gasteiger partial charge < -0.3 is 15.5 Å². The standard InChI is InChI=1S/C18H29FN4/c1-3-20-18(22-14-15-8-4-7-11-17(15)19)21-12-13-23(2)16-9-5-6-10-16/h4,7-8,11,16H,3,5-6,9-10,12-14H2,1-2H3,(H2,20,21,22). The highest BCUT2D eigenvalue weighted by atomic mass is 19.1. The Morgan fingerprint density at radius 3 is 2.70 bits per heavy atom. The van der Waals surface area contributed by atoms with Crippen molar-refractivity contribution >= 4 is 5.96 Å². The van der Waals surface area contributed by atoms with Gasteiger partial charge in [-0.1, -0.05) is 31.0 Å². The van der Waals surface area contributed by atoms with Gasteiger partial charge in [0.25, 0.3) is 0 Å². The summed E-state index contributed by atoms with van der Waals surface area (Å²) >= 11 is 0. The Bertz CT molecular complexity index is 498. The van der Waals surface area contributed by atoms with Crippen LogP contribution in [0.2, 0.25) is 0 Å². The molecule has 4 nitrogen and oxygen atoms in total. The minimum Gasteiger partial charge on any atom is -0.357 e. The summed E-state index contributed by atoms with van der Waals surface area (Å²) in [6, 6.07) is 7.52. The number of nitrogens with zero attached hydrogens (tertiary/aromatic N) is 2. The predicted octanol–water partition coefficient (Wildman–Crippen LogP) is 2.76. The third-order valence-electron chi connectivity index (χ3n) is 4.41. The van der Waals surface area contributed by atoms with Gasteiger partial charge >= 0.3 is 0 Å². The maximum Gasteiger partial charge on any atom is 0.191 e. The number of benzene rings is 1. The number of guanidine groups is 1. The summed E-state index contributed by atoms with van der Waals surface area (Å²) < 4.78 is 13.6. The molecule has 0 unspecified atom stereocenters. The van der Waals surface area contributed by atoms with E-state index in [0.29, 0.717) is 12.1 Å². The Hall–Kier alpha value is -1.62. The minimum absolute atomic E-state index is 0.201. The molecular weight excluding hydrogens is 291 g/mol. The molecule has 1 saturated carbocycles. The van der Waals surface area contributed by atoms with Crippen molar-refractivity contribution in [3.05, 3.63) is 35.6 Å². The van der Waals surface area contributed by atoms with Crippen LogP contribution >= 0.6 is 0 Å². The van der Waals surface area contributed by atoms with Crippen molar-refractivity contribution in [1.82, 2.24) is 15.5 Å². The second-order valence-electron chi connectivity index (χ2n) is 6.13. The van der Waals surface area contributed by atoms with Crippen molar-refractivity contribution in [2.24, 2.45) is 4.99 Å². The fraction of sp³-hybridized carbons (Fsp3) is 0.611. The molecule has 0 aromatic heterocycles. The van der Waals surface area contributed by atoms with Gasteiger partial charge in [0.05, 0.1) is 6.54 Å². The average molecular weight is 320 g/mol. The SMILES string of the molecule is CCNC(=NCc1ccccc1F)NCCN(C)C1CCCC1. The van der Waals surface area contributed by atoms with Gasteiger partial charge in [0, 0.05) is 31.2 Å². The molecule has 0 bridgehead atoms. The van der Waals surface area contributed by atoms with Crippen LogP contribution in [-0.4, -0.2) is 43.6 Å². The van der Waals surface area contributed by atoms with E-state index < -0.39 is 0 Å². The predicted molar refractivity (Wildman–Crippen MR) is 94.1 cm³/mol. The van der Waals surface area contributed by atoms with Gasteiger partial charge in [-0.05, 0) is 32.9 Å². The van der Waals surface area contributed by atoms with Crippen LogP contribution in [0.1, 0.15) is 38.2 Å². The maximum absolute atomic E-state index is 13.6. The Balaban J connectivity index is 1.80. The first-order valence-electron chi connectivity index (χ1n) is 8.66. The Labute approximate surface area is 139 Å². The zero-order chi connectivity index (χ0) is 16.5. The van der Waals surface area contributed by atoms with Crippen LogP contribution in [0.15, 0.2) is 29.3 Å². The summed E-state index contributed by atoms with van der Waals surface area (Å²) in [7, 11) is 2.20. The lowest BCUT2D eigenvalue weighted by molar-refractivity contribution is 0.249. The highest BCUT2D eigenvalue weighted by molar-refractivity contribution is 5.79. The van der Waals surface area contributed by atoms with E-state index in [-0.39, 0.29) is 5.82 Å². The van der Waals surface area contributed by atoms with Crippen LogP contribution in [0, 0.1) is 5.82 Å². The molecule has 0 atom stereocenters. The molecule has 0 saturated heterocycles. The van der Waals surface area contributed by atoms with Crippen LogP contribution in [0.25, 0.3) is 0 Å². The van der Waals surface area contributed by atoms with E-state index in [0.717, 1.165) is 31.6 Å². The monoisotopic (exact) mass is 320 g/mol. The van der Waals surface area contributed by atoms with E-state index >= 15 is 0 Å². The van der Waals surface area contributed by atoms with Crippen LogP contribution in [-0.2, 0) is 6.54 Å². The molecule has 1 fully saturated rings. The molecule has 1 aromatic carbocycles. The Morgan fingerprint density at radius 1 is 1.26 bits per heavy atom. The van der Waals surface area contributed by atoms with E-state index in [1.807, 2.05) is 13.0 Å². The van der Waals surface area contributed by atoms with Crippen LogP contribution in [0.5, 0.6) is 0 Å². The quantitative estimate of drug-likeness (QED) is 0.599. The molecule has 0 aliphatic heterocycles. The molecule has 5 heteroatoms. The summed E-state index contributed by atoms with van der Waals surface area (Å²) in [5.41, 5.74) is 0.618. The van der Waals surface area contributed by atoms with Crippen LogP contribution in [0.3, 0.4) is 0 Å². The van der Waals surface area contributed by atoms with Crippen LogP contribution in [0.4, 0.5) is 4.39 Å². The van der Waals surface area contributed by atoms with Crippen molar-refractivity contribution in [2.75, 3.05) is 26.7 Å². The van der Waals surface area contributed by atoms with Gasteiger partial charge in [-0.25, -0.2) is 9.38 Å². The zero-order valence-electron chi connectivity index (χ0n) is 14.3. The molecule has 0 radical (unpaired) electrons. The fourth-order valence-electron chi connectivity index (χ4n) is 3.01. The third kappa shape index (κ3) is 5.82. The van der Waals surface area contributed by atoms with Gasteiger partial charge in [-0.15, -0.1) is 0 Å². The number of likely N-dealkylation sites (N-methyl/N-ethyl adjacent to an activating group) is 1. The maximum atomic E-state index is 13.6. The topological polar surface area (TPSA) is 39.7 Å². The molecule has 1 aliphatic rings. The fourth-order valence-corrected chi connectivity index (χ4v) is 3.01. The molecule has 0 amide bonds. The first-order valence-corrected chi connectivity index (χ1v) is 8.66. The van der Waals surface area contributed by atoms with Crippen molar-refractivity contribution < 1.29 is 4.39 Å². The molecule has 1 aliphatic carbocycles. The number of hydrogen-bond donors (Lipinski definition) is 2. The van der Waals surface area contributed by atoms with E-state index in [2.05, 4.69) is 27.6 Å². The van der Waals surface area contributed by atoms with Gasteiger partial charge in [-0.2, -0.15) is 0 Å². The molecule has 1 aromatic rings. The van der Waals surface area contributed by atoms with Crippen LogP contribution < -0.4 is 10.6 Å². The molecule has 2 rings (SSSR count). The Kier molecular flexibility index (Phi) is 7.33. The van der Waals surface area contributed by atoms with Crippen molar-refractivity contribution in [3.8, 4) is 0 Å². The van der Waals surface area contributed by atoms with Gasteiger partial charge in [0.1, 0.15) is 5.82 Å². The summed E-state index contributed by atoms with van der Waals surface area (Å²) in [5, 5.41) is 6.55. The summed E-state index contributed by atoms with van der Waals surface area (Å²) in [5.74, 6) is 0.545. The zero-order valence-corrected chi connectivity index (χ0v) is 14.3. The van der Waals surface area contributed by atoms with E-state index in [1.165, 1.54) is 31.7 Å². The van der Waals surface area contributed by atoms with Crippen molar-refractivity contribution in [1.29, 1.82) is 0 Å². The van der Waals surface area contributed by atoms with E-state index in [9.17, 15) is 4.39 Å². The molecule has 2 N–H and O–H groups in total. The summed E-state index contributed by atoms with van der Waals surface area (Å²) in [6.07, 6.45) is 5.35. The van der Waals surface area contributed by atoms with Gasteiger partial charge in [0.15, 0.2) is 5.96 Å². The highest BCUT2D eigenvalue weighted by Gasteiger charge is 2.18. The molecular formula is C18H29FN4. The third-order valence-corrected chi connectivity index (χ3v) is 4.41.